The molecule has 3 nitrogen and oxygen atoms in total. The predicted molar refractivity (Wildman–Crippen MR) is 91.5 cm³/mol. The first-order valence-corrected chi connectivity index (χ1v) is 8.87. The Morgan fingerprint density at radius 1 is 1.04 bits per heavy atom. The molecule has 2 unspecified atom stereocenters. The van der Waals surface area contributed by atoms with Crippen LogP contribution >= 0.6 is 0 Å². The van der Waals surface area contributed by atoms with Gasteiger partial charge >= 0.3 is 0 Å². The number of hydrogen-bond donors (Lipinski definition) is 0. The smallest absolute Gasteiger partial charge is 0.0621 e. The van der Waals surface area contributed by atoms with Gasteiger partial charge < -0.3 is 0 Å². The van der Waals surface area contributed by atoms with Crippen molar-refractivity contribution in [3.8, 4) is 0 Å². The number of aromatic nitrogens is 3. The van der Waals surface area contributed by atoms with E-state index in [9.17, 15) is 0 Å². The van der Waals surface area contributed by atoms with Gasteiger partial charge in [0.1, 0.15) is 0 Å². The molecule has 3 heteroatoms. The summed E-state index contributed by atoms with van der Waals surface area (Å²) in [5.41, 5.74) is 4.94. The molecule has 2 aliphatic rings. The molecule has 2 aliphatic carbocycles. The van der Waals surface area contributed by atoms with Crippen LogP contribution in [0.5, 0.6) is 0 Å². The molecule has 0 aromatic carbocycles. The molecule has 0 saturated heterocycles. The quantitative estimate of drug-likeness (QED) is 0.822. The Hall–Kier alpha value is -1.77. The molecule has 2 heterocycles. The van der Waals surface area contributed by atoms with E-state index in [1.807, 2.05) is 12.4 Å². The van der Waals surface area contributed by atoms with Crippen molar-refractivity contribution in [3.05, 3.63) is 53.4 Å². The maximum Gasteiger partial charge on any atom is 0.0621 e. The summed E-state index contributed by atoms with van der Waals surface area (Å²) in [5.74, 6) is 1.93. The maximum atomic E-state index is 4.79. The number of aryl methyl sites for hydroxylation is 1. The van der Waals surface area contributed by atoms with Crippen molar-refractivity contribution < 1.29 is 0 Å². The number of rotatable bonds is 5. The molecule has 4 rings (SSSR count). The highest BCUT2D eigenvalue weighted by atomic mass is 14.8. The van der Waals surface area contributed by atoms with Crippen LogP contribution < -0.4 is 0 Å². The molecule has 2 aromatic rings. The second-order valence-corrected chi connectivity index (χ2v) is 7.71. The Balaban J connectivity index is 1.50. The highest BCUT2D eigenvalue weighted by Gasteiger charge is 2.50. The van der Waals surface area contributed by atoms with Crippen molar-refractivity contribution in [1.29, 1.82) is 0 Å². The second-order valence-electron chi connectivity index (χ2n) is 7.71. The van der Waals surface area contributed by atoms with Crippen LogP contribution in [0.1, 0.15) is 74.5 Å². The van der Waals surface area contributed by atoms with Gasteiger partial charge in [-0.1, -0.05) is 26.8 Å². The Kier molecular flexibility index (Phi) is 3.47. The van der Waals surface area contributed by atoms with Gasteiger partial charge in [0.2, 0.25) is 0 Å². The van der Waals surface area contributed by atoms with E-state index in [4.69, 9.17) is 4.98 Å². The lowest BCUT2D eigenvalue weighted by Crippen LogP contribution is -2.22. The summed E-state index contributed by atoms with van der Waals surface area (Å²) in [6.45, 7) is 6.76. The molecule has 2 saturated carbocycles. The summed E-state index contributed by atoms with van der Waals surface area (Å²) in [5, 5.41) is 0. The average Bonchev–Trinajstić information content (AvgIpc) is 3.48. The van der Waals surface area contributed by atoms with Gasteiger partial charge in [0.05, 0.1) is 11.4 Å². The fourth-order valence-electron chi connectivity index (χ4n) is 3.69. The normalized spacial score (nSPS) is 23.8. The zero-order valence-electron chi connectivity index (χ0n) is 14.3. The Bertz CT molecular complexity index is 684. The maximum absolute atomic E-state index is 4.79. The topological polar surface area (TPSA) is 38.7 Å². The van der Waals surface area contributed by atoms with E-state index in [0.717, 1.165) is 23.7 Å². The third-order valence-electron chi connectivity index (χ3n) is 5.68. The van der Waals surface area contributed by atoms with Gasteiger partial charge in [0.15, 0.2) is 0 Å². The highest BCUT2D eigenvalue weighted by Crippen LogP contribution is 2.56. The minimum absolute atomic E-state index is 0.0951. The summed E-state index contributed by atoms with van der Waals surface area (Å²) in [6.07, 6.45) is 10.8. The molecular weight excluding hydrogens is 282 g/mol. The lowest BCUT2D eigenvalue weighted by Gasteiger charge is -2.25. The summed E-state index contributed by atoms with van der Waals surface area (Å²) in [7, 11) is 0. The summed E-state index contributed by atoms with van der Waals surface area (Å²) in [6, 6.07) is 4.53. The van der Waals surface area contributed by atoms with Gasteiger partial charge in [-0.05, 0) is 49.1 Å². The molecule has 0 spiro atoms. The molecule has 0 aliphatic heterocycles. The third-order valence-corrected chi connectivity index (χ3v) is 5.68. The molecule has 0 N–H and O–H groups in total. The number of pyridine rings is 1. The Labute approximate surface area is 138 Å². The lowest BCUT2D eigenvalue weighted by molar-refractivity contribution is 0.429. The van der Waals surface area contributed by atoms with Crippen molar-refractivity contribution in [2.75, 3.05) is 0 Å². The monoisotopic (exact) mass is 307 g/mol. The van der Waals surface area contributed by atoms with Crippen molar-refractivity contribution >= 4 is 0 Å². The molecule has 0 amide bonds. The molecule has 23 heavy (non-hydrogen) atoms. The summed E-state index contributed by atoms with van der Waals surface area (Å²) < 4.78 is 0. The van der Waals surface area contributed by atoms with Gasteiger partial charge in [0, 0.05) is 35.6 Å². The lowest BCUT2D eigenvalue weighted by atomic mass is 9.82. The molecule has 2 fully saturated rings. The Morgan fingerprint density at radius 2 is 1.87 bits per heavy atom. The van der Waals surface area contributed by atoms with Gasteiger partial charge in [-0.15, -0.1) is 0 Å². The fraction of sp³-hybridized carbons (Fsp3) is 0.550. The zero-order valence-corrected chi connectivity index (χ0v) is 14.3. The fourth-order valence-corrected chi connectivity index (χ4v) is 3.69. The van der Waals surface area contributed by atoms with Crippen LogP contribution in [-0.2, 0) is 11.8 Å². The number of nitrogens with zero attached hydrogens (tertiary/aromatic N) is 3. The van der Waals surface area contributed by atoms with Gasteiger partial charge in [0.25, 0.3) is 0 Å². The second kappa shape index (κ2) is 5.40. The van der Waals surface area contributed by atoms with Crippen molar-refractivity contribution in [1.82, 2.24) is 15.0 Å². The average molecular weight is 307 g/mol. The molecule has 0 radical (unpaired) electrons. The highest BCUT2D eigenvalue weighted by molar-refractivity contribution is 5.30. The van der Waals surface area contributed by atoms with Gasteiger partial charge in [-0.2, -0.15) is 0 Å². The molecular formula is C20H25N3. The predicted octanol–water partition coefficient (Wildman–Crippen LogP) is 4.39. The van der Waals surface area contributed by atoms with E-state index in [1.165, 1.54) is 30.5 Å². The minimum atomic E-state index is 0.0951. The van der Waals surface area contributed by atoms with Gasteiger partial charge in [-0.25, -0.2) is 0 Å². The summed E-state index contributed by atoms with van der Waals surface area (Å²) >= 11 is 0. The molecule has 2 aromatic heterocycles. The molecule has 0 bridgehead atoms. The van der Waals surface area contributed by atoms with Crippen molar-refractivity contribution in [2.24, 2.45) is 5.92 Å². The van der Waals surface area contributed by atoms with E-state index < -0.39 is 0 Å². The first-order chi connectivity index (χ1) is 11.1. The van der Waals surface area contributed by atoms with E-state index in [1.54, 1.807) is 0 Å². The van der Waals surface area contributed by atoms with Crippen molar-refractivity contribution in [2.45, 2.75) is 63.7 Å². The first-order valence-electron chi connectivity index (χ1n) is 8.87. The van der Waals surface area contributed by atoms with Crippen LogP contribution in [0.15, 0.2) is 30.7 Å². The number of hydrogen-bond acceptors (Lipinski definition) is 3. The van der Waals surface area contributed by atoms with E-state index in [-0.39, 0.29) is 5.41 Å². The standard InChI is InChI=1S/C20H25N3/c1-4-15-11-22-18(12-21-15)16-9-17(16)20(2,3)19-8-7-14(10-23-19)13-5-6-13/h7-8,10-13,16-17H,4-6,9H2,1-3H3. The molecule has 120 valence electrons. The molecule has 2 atom stereocenters. The van der Waals surface area contributed by atoms with Gasteiger partial charge in [-0.3, -0.25) is 15.0 Å². The SMILES string of the molecule is CCc1cnc(C2CC2C(C)(C)c2ccc(C3CC3)cn2)cn1. The minimum Gasteiger partial charge on any atom is -0.260 e. The van der Waals surface area contributed by atoms with Crippen LogP contribution in [0.4, 0.5) is 0 Å². The van der Waals surface area contributed by atoms with Crippen LogP contribution in [0.25, 0.3) is 0 Å². The summed E-state index contributed by atoms with van der Waals surface area (Å²) in [4.78, 5) is 13.9. The van der Waals surface area contributed by atoms with Crippen LogP contribution in [-0.4, -0.2) is 15.0 Å². The van der Waals surface area contributed by atoms with Crippen LogP contribution in [0.3, 0.4) is 0 Å². The van der Waals surface area contributed by atoms with E-state index >= 15 is 0 Å². The van der Waals surface area contributed by atoms with E-state index in [0.29, 0.717) is 11.8 Å². The zero-order chi connectivity index (χ0) is 16.0. The van der Waals surface area contributed by atoms with Crippen LogP contribution in [0, 0.1) is 5.92 Å². The Morgan fingerprint density at radius 3 is 2.43 bits per heavy atom. The van der Waals surface area contributed by atoms with Crippen molar-refractivity contribution in [3.63, 3.8) is 0 Å². The third kappa shape index (κ3) is 2.77. The van der Waals surface area contributed by atoms with Crippen LogP contribution in [0.2, 0.25) is 0 Å². The largest absolute Gasteiger partial charge is 0.260 e. The first kappa shape index (κ1) is 14.8. The van der Waals surface area contributed by atoms with E-state index in [2.05, 4.69) is 49.1 Å².